The number of benzene rings is 1. The van der Waals surface area contributed by atoms with Crippen LogP contribution in [0.5, 0.6) is 0 Å². The number of ether oxygens (including phenoxy) is 1. The zero-order valence-electron chi connectivity index (χ0n) is 11.7. The summed E-state index contributed by atoms with van der Waals surface area (Å²) in [6.45, 7) is 3.77. The summed E-state index contributed by atoms with van der Waals surface area (Å²) in [7, 11) is 0. The summed E-state index contributed by atoms with van der Waals surface area (Å²) in [6.07, 6.45) is 0. The van der Waals surface area contributed by atoms with E-state index in [9.17, 15) is 4.79 Å². The molecule has 2 aromatic rings. The Morgan fingerprint density at radius 1 is 1.43 bits per heavy atom. The van der Waals surface area contributed by atoms with Gasteiger partial charge in [-0.05, 0) is 38.1 Å². The molecule has 1 atom stereocenters. The maximum absolute atomic E-state index is 11.6. The van der Waals surface area contributed by atoms with Gasteiger partial charge in [-0.3, -0.25) is 4.79 Å². The molecule has 1 heterocycles. The van der Waals surface area contributed by atoms with Gasteiger partial charge in [0.25, 0.3) is 0 Å². The van der Waals surface area contributed by atoms with E-state index < -0.39 is 5.92 Å². The zero-order chi connectivity index (χ0) is 15.2. The van der Waals surface area contributed by atoms with Crippen molar-refractivity contribution in [2.24, 2.45) is 0 Å². The largest absolute Gasteiger partial charge is 0.465 e. The number of carbonyl (C=O) groups excluding carboxylic acids is 1. The van der Waals surface area contributed by atoms with Gasteiger partial charge >= 0.3 is 5.97 Å². The lowest BCUT2D eigenvalue weighted by Crippen LogP contribution is -2.13. The fourth-order valence-corrected chi connectivity index (χ4v) is 2.42. The van der Waals surface area contributed by atoms with Crippen molar-refractivity contribution in [1.29, 1.82) is 0 Å². The van der Waals surface area contributed by atoms with E-state index in [4.69, 9.17) is 20.9 Å². The molecule has 0 aliphatic carbocycles. The molecule has 5 nitrogen and oxygen atoms in total. The molecule has 0 aliphatic rings. The molecule has 2 rings (SSSR count). The molecule has 0 fully saturated rings. The van der Waals surface area contributed by atoms with E-state index in [2.05, 4.69) is 10.1 Å². The molecule has 7 heteroatoms. The fraction of sp³-hybridized carbons (Fsp3) is 0.357. The number of halogens is 1. The van der Waals surface area contributed by atoms with Crippen LogP contribution in [0.25, 0.3) is 0 Å². The maximum Gasteiger partial charge on any atom is 0.318 e. The highest BCUT2D eigenvalue weighted by atomic mass is 35.5. The number of esters is 1. The first-order valence-electron chi connectivity index (χ1n) is 6.47. The Morgan fingerprint density at radius 3 is 2.81 bits per heavy atom. The monoisotopic (exact) mass is 326 g/mol. The van der Waals surface area contributed by atoms with Crippen LogP contribution in [0.1, 0.15) is 31.5 Å². The van der Waals surface area contributed by atoms with Crippen LogP contribution in [-0.2, 0) is 15.3 Å². The van der Waals surface area contributed by atoms with E-state index in [0.717, 1.165) is 4.90 Å². The summed E-state index contributed by atoms with van der Waals surface area (Å²) < 4.78 is 10.0. The van der Waals surface area contributed by atoms with Crippen LogP contribution in [-0.4, -0.2) is 22.7 Å². The quantitative estimate of drug-likeness (QED) is 0.596. The number of rotatable bonds is 6. The van der Waals surface area contributed by atoms with Crippen LogP contribution in [0.2, 0.25) is 5.02 Å². The van der Waals surface area contributed by atoms with Crippen LogP contribution in [0.4, 0.5) is 0 Å². The van der Waals surface area contributed by atoms with Crippen molar-refractivity contribution in [3.05, 3.63) is 41.0 Å². The topological polar surface area (TPSA) is 65.2 Å². The summed E-state index contributed by atoms with van der Waals surface area (Å²) in [5.74, 6) is 0.465. The first-order chi connectivity index (χ1) is 10.1. The Balaban J connectivity index is 1.93. The Morgan fingerprint density at radius 2 is 2.14 bits per heavy atom. The van der Waals surface area contributed by atoms with Gasteiger partial charge in [-0.15, -0.1) is 11.8 Å². The molecule has 1 aromatic carbocycles. The van der Waals surface area contributed by atoms with Crippen molar-refractivity contribution in [3.63, 3.8) is 0 Å². The Kier molecular flexibility index (Phi) is 5.64. The molecule has 0 amide bonds. The molecule has 0 N–H and O–H groups in total. The van der Waals surface area contributed by atoms with Gasteiger partial charge in [-0.25, -0.2) is 0 Å². The molecular formula is C14H15ClN2O3S. The average Bonchev–Trinajstić information content (AvgIpc) is 2.95. The number of aromatic nitrogens is 2. The van der Waals surface area contributed by atoms with Gasteiger partial charge in [0.05, 0.1) is 12.4 Å². The third-order valence-electron chi connectivity index (χ3n) is 2.68. The summed E-state index contributed by atoms with van der Waals surface area (Å²) in [4.78, 5) is 16.9. The normalized spacial score (nSPS) is 12.1. The molecule has 1 aromatic heterocycles. The molecule has 0 bridgehead atoms. The van der Waals surface area contributed by atoms with Gasteiger partial charge in [0.2, 0.25) is 5.89 Å². The third-order valence-corrected chi connectivity index (χ3v) is 3.94. The van der Waals surface area contributed by atoms with Gasteiger partial charge in [-0.1, -0.05) is 16.8 Å². The second-order valence-electron chi connectivity index (χ2n) is 4.27. The van der Waals surface area contributed by atoms with Gasteiger partial charge in [0.15, 0.2) is 5.82 Å². The van der Waals surface area contributed by atoms with Crippen molar-refractivity contribution in [1.82, 2.24) is 10.1 Å². The van der Waals surface area contributed by atoms with Crippen molar-refractivity contribution < 1.29 is 14.1 Å². The van der Waals surface area contributed by atoms with Crippen molar-refractivity contribution >= 4 is 29.3 Å². The van der Waals surface area contributed by atoms with Gasteiger partial charge in [0, 0.05) is 9.92 Å². The number of nitrogens with zero attached hydrogens (tertiary/aromatic N) is 2. The zero-order valence-corrected chi connectivity index (χ0v) is 13.3. The minimum absolute atomic E-state index is 0.278. The maximum atomic E-state index is 11.6. The summed E-state index contributed by atoms with van der Waals surface area (Å²) >= 11 is 7.40. The number of carbonyl (C=O) groups is 1. The highest BCUT2D eigenvalue weighted by Crippen LogP contribution is 2.24. The second kappa shape index (κ2) is 7.47. The van der Waals surface area contributed by atoms with Crippen LogP contribution < -0.4 is 0 Å². The first-order valence-corrected chi connectivity index (χ1v) is 7.84. The van der Waals surface area contributed by atoms with Crippen molar-refractivity contribution in [2.45, 2.75) is 30.4 Å². The minimum atomic E-state index is -0.549. The number of thioether (sulfide) groups is 1. The summed E-state index contributed by atoms with van der Waals surface area (Å²) in [6, 6.07) is 7.51. The molecule has 0 saturated heterocycles. The predicted molar refractivity (Wildman–Crippen MR) is 80.4 cm³/mol. The van der Waals surface area contributed by atoms with Crippen LogP contribution >= 0.6 is 23.4 Å². The Bertz CT molecular complexity index is 601. The Hall–Kier alpha value is -1.53. The van der Waals surface area contributed by atoms with Crippen LogP contribution in [0.15, 0.2) is 33.7 Å². The lowest BCUT2D eigenvalue weighted by Gasteiger charge is -2.04. The molecule has 1 unspecified atom stereocenters. The highest BCUT2D eigenvalue weighted by Gasteiger charge is 2.22. The van der Waals surface area contributed by atoms with E-state index in [0.29, 0.717) is 23.2 Å². The third kappa shape index (κ3) is 4.47. The molecule has 0 saturated carbocycles. The van der Waals surface area contributed by atoms with Crippen molar-refractivity contribution in [3.8, 4) is 0 Å². The average molecular weight is 327 g/mol. The van der Waals surface area contributed by atoms with E-state index in [1.807, 2.05) is 24.3 Å². The smallest absolute Gasteiger partial charge is 0.318 e. The Labute approximate surface area is 132 Å². The summed E-state index contributed by atoms with van der Waals surface area (Å²) in [5, 5.41) is 4.57. The van der Waals surface area contributed by atoms with Crippen molar-refractivity contribution in [2.75, 3.05) is 6.61 Å². The van der Waals surface area contributed by atoms with Crippen LogP contribution in [0.3, 0.4) is 0 Å². The van der Waals surface area contributed by atoms with E-state index in [-0.39, 0.29) is 11.9 Å². The lowest BCUT2D eigenvalue weighted by molar-refractivity contribution is -0.145. The SMILES string of the molecule is CCOC(=O)C(C)c1nc(CSc2ccc(Cl)cc2)no1. The molecule has 0 radical (unpaired) electrons. The number of hydrogen-bond donors (Lipinski definition) is 0. The van der Waals surface area contributed by atoms with Gasteiger partial charge < -0.3 is 9.26 Å². The summed E-state index contributed by atoms with van der Waals surface area (Å²) in [5.41, 5.74) is 0. The first kappa shape index (κ1) is 15.9. The van der Waals surface area contributed by atoms with E-state index >= 15 is 0 Å². The number of hydrogen-bond acceptors (Lipinski definition) is 6. The molecule has 21 heavy (non-hydrogen) atoms. The van der Waals surface area contributed by atoms with E-state index in [1.54, 1.807) is 25.6 Å². The van der Waals surface area contributed by atoms with E-state index in [1.165, 1.54) is 0 Å². The molecule has 0 aliphatic heterocycles. The molecular weight excluding hydrogens is 312 g/mol. The van der Waals surface area contributed by atoms with Gasteiger partial charge in [-0.2, -0.15) is 4.98 Å². The van der Waals surface area contributed by atoms with Gasteiger partial charge in [0.1, 0.15) is 5.92 Å². The standard InChI is InChI=1S/C14H15ClN2O3S/c1-3-19-14(18)9(2)13-16-12(17-20-13)8-21-11-6-4-10(15)5-7-11/h4-7,9H,3,8H2,1-2H3. The molecule has 0 spiro atoms. The highest BCUT2D eigenvalue weighted by molar-refractivity contribution is 7.98. The minimum Gasteiger partial charge on any atom is -0.465 e. The van der Waals surface area contributed by atoms with Crippen LogP contribution in [0, 0.1) is 0 Å². The predicted octanol–water partition coefficient (Wildman–Crippen LogP) is 3.68. The fourth-order valence-electron chi connectivity index (χ4n) is 1.55. The second-order valence-corrected chi connectivity index (χ2v) is 5.75. The lowest BCUT2D eigenvalue weighted by atomic mass is 10.2. The molecule has 112 valence electrons.